The lowest BCUT2D eigenvalue weighted by Crippen LogP contribution is -1.85. The SMILES string of the molecule is Br.Cc1cc(C)c2ccccc2n1. The first-order valence-corrected chi connectivity index (χ1v) is 4.10. The fourth-order valence-corrected chi connectivity index (χ4v) is 1.52. The largest absolute Gasteiger partial charge is 0.253 e. The van der Waals surface area contributed by atoms with E-state index in [2.05, 4.69) is 30.1 Å². The van der Waals surface area contributed by atoms with E-state index < -0.39 is 0 Å². The molecule has 1 nitrogen and oxygen atoms in total. The van der Waals surface area contributed by atoms with Crippen LogP contribution in [-0.4, -0.2) is 4.98 Å². The predicted octanol–water partition coefficient (Wildman–Crippen LogP) is 3.43. The van der Waals surface area contributed by atoms with Gasteiger partial charge in [0, 0.05) is 11.1 Å². The van der Waals surface area contributed by atoms with Crippen molar-refractivity contribution in [3.05, 3.63) is 41.6 Å². The predicted molar refractivity (Wildman–Crippen MR) is 61.5 cm³/mol. The molecule has 0 spiro atoms. The Balaban J connectivity index is 0.000000845. The van der Waals surface area contributed by atoms with E-state index in [9.17, 15) is 0 Å². The van der Waals surface area contributed by atoms with E-state index in [0.29, 0.717) is 0 Å². The lowest BCUT2D eigenvalue weighted by molar-refractivity contribution is 1.23. The number of hydrogen-bond acceptors (Lipinski definition) is 1. The highest BCUT2D eigenvalue weighted by Gasteiger charge is 1.97. The molecule has 0 fully saturated rings. The van der Waals surface area contributed by atoms with Gasteiger partial charge in [-0.05, 0) is 31.5 Å². The Hall–Kier alpha value is -0.890. The molecule has 2 heteroatoms. The van der Waals surface area contributed by atoms with E-state index in [1.807, 2.05) is 19.1 Å². The van der Waals surface area contributed by atoms with Gasteiger partial charge in [0.2, 0.25) is 0 Å². The number of para-hydroxylation sites is 1. The average molecular weight is 238 g/mol. The van der Waals surface area contributed by atoms with Gasteiger partial charge in [0.25, 0.3) is 0 Å². The molecular weight excluding hydrogens is 226 g/mol. The lowest BCUT2D eigenvalue weighted by atomic mass is 10.1. The summed E-state index contributed by atoms with van der Waals surface area (Å²) in [5.41, 5.74) is 3.49. The Morgan fingerprint density at radius 2 is 1.77 bits per heavy atom. The maximum absolute atomic E-state index is 4.44. The van der Waals surface area contributed by atoms with Crippen molar-refractivity contribution < 1.29 is 0 Å². The Morgan fingerprint density at radius 1 is 1.08 bits per heavy atom. The molecule has 1 heterocycles. The van der Waals surface area contributed by atoms with Crippen LogP contribution in [-0.2, 0) is 0 Å². The summed E-state index contributed by atoms with van der Waals surface area (Å²) in [4.78, 5) is 4.44. The molecule has 1 aromatic heterocycles. The fourth-order valence-electron chi connectivity index (χ4n) is 1.52. The number of halogens is 1. The first kappa shape index (κ1) is 10.2. The minimum Gasteiger partial charge on any atom is -0.253 e. The van der Waals surface area contributed by atoms with E-state index in [4.69, 9.17) is 0 Å². The van der Waals surface area contributed by atoms with Crippen molar-refractivity contribution >= 4 is 27.9 Å². The zero-order valence-corrected chi connectivity index (χ0v) is 9.46. The summed E-state index contributed by atoms with van der Waals surface area (Å²) >= 11 is 0. The Kier molecular flexibility index (Phi) is 3.04. The van der Waals surface area contributed by atoms with Crippen LogP contribution in [0.5, 0.6) is 0 Å². The quantitative estimate of drug-likeness (QED) is 0.685. The molecular formula is C11H12BrN. The Labute approximate surface area is 88.6 Å². The number of aryl methyl sites for hydroxylation is 2. The van der Waals surface area contributed by atoms with Crippen molar-refractivity contribution in [2.45, 2.75) is 13.8 Å². The summed E-state index contributed by atoms with van der Waals surface area (Å²) in [7, 11) is 0. The second kappa shape index (κ2) is 3.88. The molecule has 2 aromatic rings. The van der Waals surface area contributed by atoms with Crippen LogP contribution >= 0.6 is 17.0 Å². The number of nitrogens with zero attached hydrogens (tertiary/aromatic N) is 1. The summed E-state index contributed by atoms with van der Waals surface area (Å²) in [5.74, 6) is 0. The normalized spacial score (nSPS) is 9.69. The third-order valence-electron chi connectivity index (χ3n) is 2.05. The molecule has 0 N–H and O–H groups in total. The number of fused-ring (bicyclic) bond motifs is 1. The Morgan fingerprint density at radius 3 is 2.54 bits per heavy atom. The van der Waals surface area contributed by atoms with Gasteiger partial charge in [-0.1, -0.05) is 18.2 Å². The fraction of sp³-hybridized carbons (Fsp3) is 0.182. The van der Waals surface area contributed by atoms with Gasteiger partial charge in [0.1, 0.15) is 0 Å². The molecule has 1 aromatic carbocycles. The first-order valence-electron chi connectivity index (χ1n) is 4.10. The van der Waals surface area contributed by atoms with Gasteiger partial charge in [-0.2, -0.15) is 0 Å². The minimum absolute atomic E-state index is 0. The first-order chi connectivity index (χ1) is 5.77. The van der Waals surface area contributed by atoms with Gasteiger partial charge in [0.05, 0.1) is 5.52 Å². The molecule has 0 bridgehead atoms. The van der Waals surface area contributed by atoms with E-state index in [0.717, 1.165) is 11.2 Å². The zero-order chi connectivity index (χ0) is 8.55. The maximum atomic E-state index is 4.44. The summed E-state index contributed by atoms with van der Waals surface area (Å²) in [6.07, 6.45) is 0. The molecule has 0 aliphatic heterocycles. The van der Waals surface area contributed by atoms with Crippen LogP contribution in [0.3, 0.4) is 0 Å². The van der Waals surface area contributed by atoms with Crippen LogP contribution in [0.2, 0.25) is 0 Å². The second-order valence-corrected chi connectivity index (χ2v) is 3.10. The van der Waals surface area contributed by atoms with Crippen LogP contribution < -0.4 is 0 Å². The number of pyridine rings is 1. The molecule has 0 saturated carbocycles. The monoisotopic (exact) mass is 237 g/mol. The summed E-state index contributed by atoms with van der Waals surface area (Å²) in [6.45, 7) is 4.15. The minimum atomic E-state index is 0. The Bertz CT molecular complexity index is 423. The third kappa shape index (κ3) is 1.89. The molecule has 68 valence electrons. The van der Waals surface area contributed by atoms with Gasteiger partial charge in [0.15, 0.2) is 0 Å². The zero-order valence-electron chi connectivity index (χ0n) is 7.74. The van der Waals surface area contributed by atoms with Gasteiger partial charge in [-0.25, -0.2) is 0 Å². The molecule has 0 saturated heterocycles. The number of aromatic nitrogens is 1. The number of hydrogen-bond donors (Lipinski definition) is 0. The lowest BCUT2D eigenvalue weighted by Gasteiger charge is -2.01. The van der Waals surface area contributed by atoms with Gasteiger partial charge in [-0.3, -0.25) is 4.98 Å². The molecule has 0 aliphatic rings. The van der Waals surface area contributed by atoms with Crippen molar-refractivity contribution in [1.29, 1.82) is 0 Å². The maximum Gasteiger partial charge on any atom is 0.0707 e. The summed E-state index contributed by atoms with van der Waals surface area (Å²) < 4.78 is 0. The van der Waals surface area contributed by atoms with Gasteiger partial charge < -0.3 is 0 Å². The molecule has 0 atom stereocenters. The highest BCUT2D eigenvalue weighted by atomic mass is 79.9. The third-order valence-corrected chi connectivity index (χ3v) is 2.05. The van der Waals surface area contributed by atoms with Crippen molar-refractivity contribution in [2.24, 2.45) is 0 Å². The van der Waals surface area contributed by atoms with Crippen LogP contribution in [0, 0.1) is 13.8 Å². The highest BCUT2D eigenvalue weighted by Crippen LogP contribution is 2.16. The van der Waals surface area contributed by atoms with Crippen molar-refractivity contribution in [3.8, 4) is 0 Å². The van der Waals surface area contributed by atoms with Crippen molar-refractivity contribution in [2.75, 3.05) is 0 Å². The molecule has 0 unspecified atom stereocenters. The molecule has 0 radical (unpaired) electrons. The highest BCUT2D eigenvalue weighted by molar-refractivity contribution is 8.93. The molecule has 2 rings (SSSR count). The van der Waals surface area contributed by atoms with Crippen LogP contribution in [0.15, 0.2) is 30.3 Å². The number of rotatable bonds is 0. The molecule has 0 aliphatic carbocycles. The van der Waals surface area contributed by atoms with Crippen LogP contribution in [0.1, 0.15) is 11.3 Å². The summed E-state index contributed by atoms with van der Waals surface area (Å²) in [5, 5.41) is 1.25. The molecule has 13 heavy (non-hydrogen) atoms. The number of benzene rings is 1. The van der Waals surface area contributed by atoms with E-state index in [1.54, 1.807) is 0 Å². The van der Waals surface area contributed by atoms with Crippen LogP contribution in [0.25, 0.3) is 10.9 Å². The average Bonchev–Trinajstić information content (AvgIpc) is 2.04. The molecule has 0 amide bonds. The van der Waals surface area contributed by atoms with E-state index >= 15 is 0 Å². The van der Waals surface area contributed by atoms with E-state index in [-0.39, 0.29) is 17.0 Å². The van der Waals surface area contributed by atoms with Crippen molar-refractivity contribution in [1.82, 2.24) is 4.98 Å². The smallest absolute Gasteiger partial charge is 0.0707 e. The summed E-state index contributed by atoms with van der Waals surface area (Å²) in [6, 6.07) is 10.3. The topological polar surface area (TPSA) is 12.9 Å². The van der Waals surface area contributed by atoms with Crippen LogP contribution in [0.4, 0.5) is 0 Å². The van der Waals surface area contributed by atoms with Gasteiger partial charge in [-0.15, -0.1) is 17.0 Å². The van der Waals surface area contributed by atoms with E-state index in [1.165, 1.54) is 10.9 Å². The second-order valence-electron chi connectivity index (χ2n) is 3.10. The van der Waals surface area contributed by atoms with Gasteiger partial charge >= 0.3 is 0 Å². The van der Waals surface area contributed by atoms with Crippen molar-refractivity contribution in [3.63, 3.8) is 0 Å². The standard InChI is InChI=1S/C11H11N.BrH/c1-8-7-9(2)12-11-6-4-3-5-10(8)11;/h3-7H,1-2H3;1H.